The zero-order valence-electron chi connectivity index (χ0n) is 15.2. The second-order valence-electron chi connectivity index (χ2n) is 6.68. The van der Waals surface area contributed by atoms with Crippen molar-refractivity contribution in [2.45, 2.75) is 25.3 Å². The van der Waals surface area contributed by atoms with Gasteiger partial charge in [-0.3, -0.25) is 14.4 Å². The Morgan fingerprint density at radius 2 is 2.14 bits per heavy atom. The Hall–Kier alpha value is -2.39. The summed E-state index contributed by atoms with van der Waals surface area (Å²) in [4.78, 5) is 39.5. The second kappa shape index (κ2) is 8.32. The molecule has 0 saturated heterocycles. The molecule has 0 aliphatic carbocycles. The molecule has 10 heteroatoms. The van der Waals surface area contributed by atoms with E-state index in [-0.39, 0.29) is 34.8 Å². The van der Waals surface area contributed by atoms with Crippen LogP contribution >= 0.6 is 23.4 Å². The third kappa shape index (κ3) is 4.36. The minimum Gasteiger partial charge on any atom is -0.324 e. The summed E-state index contributed by atoms with van der Waals surface area (Å²) < 4.78 is 14.2. The molecular formula is C18H18ClFN4O3S. The number of carbonyl (C=O) groups excluding carboxylic acids is 2. The van der Waals surface area contributed by atoms with Gasteiger partial charge in [0.25, 0.3) is 5.56 Å². The van der Waals surface area contributed by atoms with Gasteiger partial charge in [-0.25, -0.2) is 9.07 Å². The fourth-order valence-corrected chi connectivity index (χ4v) is 3.81. The number of anilines is 2. The summed E-state index contributed by atoms with van der Waals surface area (Å²) in [6, 6.07) is 3.77. The summed E-state index contributed by atoms with van der Waals surface area (Å²) in [5, 5.41) is 6.46. The molecule has 0 atom stereocenters. The fourth-order valence-electron chi connectivity index (χ4n) is 2.74. The number of amides is 2. The molecule has 1 aromatic carbocycles. The standard InChI is InChI=1S/C18H18ClFN4O3S/c1-10(2)7-23-16(26)9-28-14-6-21-24(18(27)17(14)23)8-15(25)22-11-3-4-13(20)12(19)5-11/h3-6,10H,7-9H2,1-2H3,(H,22,25). The quantitative estimate of drug-likeness (QED) is 0.797. The van der Waals surface area contributed by atoms with Crippen LogP contribution < -0.4 is 15.8 Å². The first-order valence-corrected chi connectivity index (χ1v) is 9.90. The van der Waals surface area contributed by atoms with Gasteiger partial charge < -0.3 is 10.2 Å². The fraction of sp³-hybridized carbons (Fsp3) is 0.333. The molecule has 1 aliphatic rings. The lowest BCUT2D eigenvalue weighted by Gasteiger charge is -2.29. The maximum Gasteiger partial charge on any atom is 0.292 e. The SMILES string of the molecule is CC(C)CN1C(=O)CSc2cnn(CC(=O)Nc3ccc(F)c(Cl)c3)c(=O)c21. The molecule has 0 unspecified atom stereocenters. The maximum atomic E-state index is 13.2. The third-order valence-electron chi connectivity index (χ3n) is 3.95. The number of benzene rings is 1. The van der Waals surface area contributed by atoms with E-state index in [0.717, 1.165) is 10.7 Å². The van der Waals surface area contributed by atoms with Crippen LogP contribution in [0, 0.1) is 11.7 Å². The molecule has 1 aromatic heterocycles. The van der Waals surface area contributed by atoms with E-state index in [1.165, 1.54) is 35.0 Å². The first kappa shape index (κ1) is 20.3. The molecule has 0 bridgehead atoms. The number of fused-ring (bicyclic) bond motifs is 1. The van der Waals surface area contributed by atoms with E-state index < -0.39 is 17.3 Å². The van der Waals surface area contributed by atoms with Crippen LogP contribution in [-0.2, 0) is 16.1 Å². The largest absolute Gasteiger partial charge is 0.324 e. The zero-order valence-corrected chi connectivity index (χ0v) is 16.8. The summed E-state index contributed by atoms with van der Waals surface area (Å²) >= 11 is 6.96. The molecule has 1 N–H and O–H groups in total. The Bertz CT molecular complexity index is 995. The van der Waals surface area contributed by atoms with Gasteiger partial charge >= 0.3 is 0 Å². The van der Waals surface area contributed by atoms with E-state index >= 15 is 0 Å². The van der Waals surface area contributed by atoms with E-state index in [1.54, 1.807) is 0 Å². The Morgan fingerprint density at radius 3 is 2.82 bits per heavy atom. The smallest absolute Gasteiger partial charge is 0.292 e. The summed E-state index contributed by atoms with van der Waals surface area (Å²) in [5.41, 5.74) is 0.0446. The van der Waals surface area contributed by atoms with Crippen molar-refractivity contribution in [3.63, 3.8) is 0 Å². The summed E-state index contributed by atoms with van der Waals surface area (Å²) in [6.45, 7) is 3.97. The first-order chi connectivity index (χ1) is 13.3. The molecule has 148 valence electrons. The molecule has 0 radical (unpaired) electrons. The van der Waals surface area contributed by atoms with Gasteiger partial charge in [0.1, 0.15) is 18.0 Å². The highest BCUT2D eigenvalue weighted by Crippen LogP contribution is 2.32. The van der Waals surface area contributed by atoms with Crippen molar-refractivity contribution >= 4 is 46.6 Å². The van der Waals surface area contributed by atoms with Gasteiger partial charge in [-0.05, 0) is 24.1 Å². The number of carbonyl (C=O) groups is 2. The highest BCUT2D eigenvalue weighted by molar-refractivity contribution is 8.00. The van der Waals surface area contributed by atoms with Gasteiger partial charge in [0.05, 0.1) is 21.9 Å². The van der Waals surface area contributed by atoms with Crippen LogP contribution in [0.1, 0.15) is 13.8 Å². The van der Waals surface area contributed by atoms with Crippen molar-refractivity contribution in [1.82, 2.24) is 9.78 Å². The number of halogens is 2. The van der Waals surface area contributed by atoms with E-state index in [2.05, 4.69) is 10.4 Å². The van der Waals surface area contributed by atoms with Crippen LogP contribution in [0.3, 0.4) is 0 Å². The maximum absolute atomic E-state index is 13.2. The predicted octanol–water partition coefficient (Wildman–Crippen LogP) is 2.77. The van der Waals surface area contributed by atoms with Crippen LogP contribution in [0.15, 0.2) is 34.1 Å². The number of thioether (sulfide) groups is 1. The molecule has 2 heterocycles. The summed E-state index contributed by atoms with van der Waals surface area (Å²) in [7, 11) is 0. The van der Waals surface area contributed by atoms with Crippen LogP contribution in [0.5, 0.6) is 0 Å². The average Bonchev–Trinajstić information content (AvgIpc) is 2.62. The second-order valence-corrected chi connectivity index (χ2v) is 8.11. The van der Waals surface area contributed by atoms with Gasteiger partial charge in [-0.2, -0.15) is 5.10 Å². The highest BCUT2D eigenvalue weighted by atomic mass is 35.5. The Labute approximate surface area is 169 Å². The van der Waals surface area contributed by atoms with Crippen molar-refractivity contribution in [3.05, 3.63) is 45.6 Å². The molecule has 1 aliphatic heterocycles. The molecular weight excluding hydrogens is 407 g/mol. The minimum absolute atomic E-state index is 0.123. The van der Waals surface area contributed by atoms with Gasteiger partial charge in [0.2, 0.25) is 11.8 Å². The summed E-state index contributed by atoms with van der Waals surface area (Å²) in [5.74, 6) is -0.850. The number of hydrogen-bond acceptors (Lipinski definition) is 5. The monoisotopic (exact) mass is 424 g/mol. The molecule has 7 nitrogen and oxygen atoms in total. The Kier molecular flexibility index (Phi) is 6.04. The van der Waals surface area contributed by atoms with Crippen LogP contribution in [0.4, 0.5) is 15.8 Å². The Balaban J connectivity index is 1.84. The van der Waals surface area contributed by atoms with E-state index in [4.69, 9.17) is 11.6 Å². The number of aromatic nitrogens is 2. The van der Waals surface area contributed by atoms with Crippen molar-refractivity contribution in [2.75, 3.05) is 22.5 Å². The summed E-state index contributed by atoms with van der Waals surface area (Å²) in [6.07, 6.45) is 1.49. The lowest BCUT2D eigenvalue weighted by atomic mass is 10.2. The van der Waals surface area contributed by atoms with Crippen molar-refractivity contribution < 1.29 is 14.0 Å². The van der Waals surface area contributed by atoms with Gasteiger partial charge in [0.15, 0.2) is 0 Å². The third-order valence-corrected chi connectivity index (χ3v) is 5.24. The van der Waals surface area contributed by atoms with E-state index in [9.17, 15) is 18.8 Å². The molecule has 0 fully saturated rings. The molecule has 2 amide bonds. The normalized spacial score (nSPS) is 13.6. The number of nitrogens with one attached hydrogen (secondary N) is 1. The average molecular weight is 425 g/mol. The predicted molar refractivity (Wildman–Crippen MR) is 106 cm³/mol. The van der Waals surface area contributed by atoms with Crippen LogP contribution in [0.2, 0.25) is 5.02 Å². The highest BCUT2D eigenvalue weighted by Gasteiger charge is 2.29. The van der Waals surface area contributed by atoms with Gasteiger partial charge in [-0.15, -0.1) is 11.8 Å². The molecule has 3 rings (SSSR count). The van der Waals surface area contributed by atoms with Crippen molar-refractivity contribution in [3.8, 4) is 0 Å². The van der Waals surface area contributed by atoms with Gasteiger partial charge in [0, 0.05) is 12.2 Å². The lowest BCUT2D eigenvalue weighted by Crippen LogP contribution is -2.44. The zero-order chi connectivity index (χ0) is 20.4. The van der Waals surface area contributed by atoms with Gasteiger partial charge in [-0.1, -0.05) is 25.4 Å². The molecule has 28 heavy (non-hydrogen) atoms. The number of hydrogen-bond donors (Lipinski definition) is 1. The van der Waals surface area contributed by atoms with E-state index in [1.807, 2.05) is 13.8 Å². The van der Waals surface area contributed by atoms with Crippen molar-refractivity contribution in [2.24, 2.45) is 5.92 Å². The topological polar surface area (TPSA) is 84.3 Å². The first-order valence-electron chi connectivity index (χ1n) is 8.54. The molecule has 0 saturated carbocycles. The Morgan fingerprint density at radius 1 is 1.39 bits per heavy atom. The number of nitrogens with zero attached hydrogens (tertiary/aromatic N) is 3. The van der Waals surface area contributed by atoms with Crippen LogP contribution in [-0.4, -0.2) is 33.9 Å². The minimum atomic E-state index is -0.598. The van der Waals surface area contributed by atoms with Crippen LogP contribution in [0.25, 0.3) is 0 Å². The molecule has 2 aromatic rings. The lowest BCUT2D eigenvalue weighted by molar-refractivity contribution is -0.117. The van der Waals surface area contributed by atoms with Crippen molar-refractivity contribution in [1.29, 1.82) is 0 Å². The van der Waals surface area contributed by atoms with E-state index in [0.29, 0.717) is 17.1 Å². The molecule has 0 spiro atoms. The number of rotatable bonds is 5.